The number of hydrogen-bond donors (Lipinski definition) is 2. The van der Waals surface area contributed by atoms with E-state index >= 15 is 0 Å². The molecule has 2 aromatic heterocycles. The first kappa shape index (κ1) is 12.8. The molecule has 0 bridgehead atoms. The minimum atomic E-state index is 0.0460. The zero-order valence-electron chi connectivity index (χ0n) is 10.4. The molecule has 0 unspecified atom stereocenters. The molecule has 7 heteroatoms. The topological polar surface area (TPSA) is 83.9 Å². The summed E-state index contributed by atoms with van der Waals surface area (Å²) in [6, 6.07) is 7.43. The summed E-state index contributed by atoms with van der Waals surface area (Å²) in [5.41, 5.74) is 1.91. The SMILES string of the molecule is OCCc1ccccc1Oc1nc(Cl)nc2nc[nH]c12. The molecule has 6 nitrogen and oxygen atoms in total. The van der Waals surface area contributed by atoms with Crippen molar-refractivity contribution < 1.29 is 9.84 Å². The molecule has 0 atom stereocenters. The Bertz CT molecular complexity index is 744. The number of ether oxygens (including phenoxy) is 1. The van der Waals surface area contributed by atoms with Crippen LogP contribution < -0.4 is 4.74 Å². The molecule has 0 saturated carbocycles. The zero-order chi connectivity index (χ0) is 13.9. The summed E-state index contributed by atoms with van der Waals surface area (Å²) in [6.07, 6.45) is 2.00. The van der Waals surface area contributed by atoms with Gasteiger partial charge in [0.2, 0.25) is 11.2 Å². The van der Waals surface area contributed by atoms with Gasteiger partial charge in [-0.3, -0.25) is 0 Å². The number of aromatic amines is 1. The fourth-order valence-electron chi connectivity index (χ4n) is 1.89. The Morgan fingerprint density at radius 1 is 1.25 bits per heavy atom. The summed E-state index contributed by atoms with van der Waals surface area (Å²) in [6.45, 7) is 0.0460. The molecule has 0 saturated heterocycles. The average molecular weight is 291 g/mol. The first-order valence-electron chi connectivity index (χ1n) is 6.01. The first-order valence-corrected chi connectivity index (χ1v) is 6.39. The van der Waals surface area contributed by atoms with Gasteiger partial charge in [0.25, 0.3) is 0 Å². The van der Waals surface area contributed by atoms with Crippen LogP contribution in [0.1, 0.15) is 5.56 Å². The van der Waals surface area contributed by atoms with E-state index in [1.807, 2.05) is 24.3 Å². The normalized spacial score (nSPS) is 10.9. The molecule has 0 aliphatic rings. The molecule has 0 fully saturated rings. The highest BCUT2D eigenvalue weighted by Gasteiger charge is 2.12. The monoisotopic (exact) mass is 290 g/mol. The van der Waals surface area contributed by atoms with E-state index in [-0.39, 0.29) is 11.9 Å². The van der Waals surface area contributed by atoms with Gasteiger partial charge in [-0.2, -0.15) is 9.97 Å². The van der Waals surface area contributed by atoms with Gasteiger partial charge in [-0.15, -0.1) is 0 Å². The molecule has 1 aromatic carbocycles. The Labute approximate surface area is 119 Å². The van der Waals surface area contributed by atoms with E-state index in [0.29, 0.717) is 29.2 Å². The molecule has 0 radical (unpaired) electrons. The molecular formula is C13H11ClN4O2. The molecule has 0 aliphatic heterocycles. The Balaban J connectivity index is 2.03. The molecule has 20 heavy (non-hydrogen) atoms. The lowest BCUT2D eigenvalue weighted by molar-refractivity contribution is 0.297. The van der Waals surface area contributed by atoms with Crippen LogP contribution in [0.3, 0.4) is 0 Å². The predicted octanol–water partition coefficient (Wildman–Crippen LogP) is 2.33. The molecule has 0 spiro atoms. The molecule has 0 amide bonds. The number of imidazole rings is 1. The standard InChI is InChI=1S/C13H11ClN4O2/c14-13-17-11-10(15-7-16-11)12(18-13)20-9-4-2-1-3-8(9)5-6-19/h1-4,7,19H,5-6H2,(H,15,16,17,18). The van der Waals surface area contributed by atoms with Crippen molar-refractivity contribution in [3.8, 4) is 11.6 Å². The third kappa shape index (κ3) is 2.43. The van der Waals surface area contributed by atoms with Gasteiger partial charge in [0.15, 0.2) is 5.65 Å². The van der Waals surface area contributed by atoms with Crippen LogP contribution in [0.15, 0.2) is 30.6 Å². The number of rotatable bonds is 4. The fourth-order valence-corrected chi connectivity index (χ4v) is 2.05. The van der Waals surface area contributed by atoms with Crippen LogP contribution in [-0.4, -0.2) is 31.6 Å². The number of H-pyrrole nitrogens is 1. The third-order valence-corrected chi connectivity index (χ3v) is 2.95. The summed E-state index contributed by atoms with van der Waals surface area (Å²) in [5, 5.41) is 9.14. The summed E-state index contributed by atoms with van der Waals surface area (Å²) >= 11 is 5.85. The summed E-state index contributed by atoms with van der Waals surface area (Å²) < 4.78 is 5.80. The van der Waals surface area contributed by atoms with Gasteiger partial charge < -0.3 is 14.8 Å². The number of benzene rings is 1. The lowest BCUT2D eigenvalue weighted by Crippen LogP contribution is -1.97. The lowest BCUT2D eigenvalue weighted by Gasteiger charge is -2.09. The van der Waals surface area contributed by atoms with Crippen molar-refractivity contribution in [3.05, 3.63) is 41.4 Å². The van der Waals surface area contributed by atoms with Crippen molar-refractivity contribution in [2.45, 2.75) is 6.42 Å². The lowest BCUT2D eigenvalue weighted by atomic mass is 10.1. The van der Waals surface area contributed by atoms with E-state index in [0.717, 1.165) is 5.56 Å². The Kier molecular flexibility index (Phi) is 3.49. The van der Waals surface area contributed by atoms with Gasteiger partial charge in [-0.25, -0.2) is 4.98 Å². The Morgan fingerprint density at radius 3 is 2.95 bits per heavy atom. The second-order valence-corrected chi connectivity index (χ2v) is 4.42. The van der Waals surface area contributed by atoms with E-state index in [4.69, 9.17) is 21.4 Å². The summed E-state index contributed by atoms with van der Waals surface area (Å²) in [4.78, 5) is 15.0. The Hall–Kier alpha value is -2.18. The van der Waals surface area contributed by atoms with E-state index in [9.17, 15) is 0 Å². The van der Waals surface area contributed by atoms with Gasteiger partial charge in [0.1, 0.15) is 11.3 Å². The maximum atomic E-state index is 9.07. The van der Waals surface area contributed by atoms with Crippen molar-refractivity contribution in [1.82, 2.24) is 19.9 Å². The van der Waals surface area contributed by atoms with Gasteiger partial charge in [-0.05, 0) is 29.7 Å². The molecule has 2 heterocycles. The zero-order valence-corrected chi connectivity index (χ0v) is 11.1. The number of fused-ring (bicyclic) bond motifs is 1. The highest BCUT2D eigenvalue weighted by molar-refractivity contribution is 6.28. The number of halogens is 1. The number of para-hydroxylation sites is 1. The summed E-state index contributed by atoms with van der Waals surface area (Å²) in [7, 11) is 0. The van der Waals surface area contributed by atoms with Crippen LogP contribution in [0.4, 0.5) is 0 Å². The maximum Gasteiger partial charge on any atom is 0.250 e. The Morgan fingerprint density at radius 2 is 2.10 bits per heavy atom. The van der Waals surface area contributed by atoms with E-state index in [1.54, 1.807) is 0 Å². The van der Waals surface area contributed by atoms with Crippen molar-refractivity contribution in [3.63, 3.8) is 0 Å². The van der Waals surface area contributed by atoms with Crippen LogP contribution in [0, 0.1) is 0 Å². The number of aliphatic hydroxyl groups excluding tert-OH is 1. The minimum absolute atomic E-state index is 0.0460. The van der Waals surface area contributed by atoms with Crippen LogP contribution in [-0.2, 0) is 6.42 Å². The molecular weight excluding hydrogens is 280 g/mol. The molecule has 3 aromatic rings. The van der Waals surface area contributed by atoms with Crippen molar-refractivity contribution in [2.24, 2.45) is 0 Å². The van der Waals surface area contributed by atoms with Gasteiger partial charge >= 0.3 is 0 Å². The highest BCUT2D eigenvalue weighted by Crippen LogP contribution is 2.28. The van der Waals surface area contributed by atoms with Crippen molar-refractivity contribution in [1.29, 1.82) is 0 Å². The molecule has 102 valence electrons. The van der Waals surface area contributed by atoms with Crippen LogP contribution in [0.2, 0.25) is 5.28 Å². The largest absolute Gasteiger partial charge is 0.437 e. The van der Waals surface area contributed by atoms with Gasteiger partial charge in [0, 0.05) is 6.61 Å². The van der Waals surface area contributed by atoms with Crippen LogP contribution >= 0.6 is 11.6 Å². The maximum absolute atomic E-state index is 9.07. The predicted molar refractivity (Wildman–Crippen MR) is 74.0 cm³/mol. The van der Waals surface area contributed by atoms with E-state index in [2.05, 4.69) is 19.9 Å². The summed E-state index contributed by atoms with van der Waals surface area (Å²) in [5.74, 6) is 0.926. The van der Waals surface area contributed by atoms with Crippen LogP contribution in [0.5, 0.6) is 11.6 Å². The molecule has 0 aliphatic carbocycles. The van der Waals surface area contributed by atoms with Crippen molar-refractivity contribution in [2.75, 3.05) is 6.61 Å². The number of aromatic nitrogens is 4. The smallest absolute Gasteiger partial charge is 0.250 e. The number of nitrogens with zero attached hydrogens (tertiary/aromatic N) is 3. The van der Waals surface area contributed by atoms with Gasteiger partial charge in [0.05, 0.1) is 6.33 Å². The molecule has 2 N–H and O–H groups in total. The second-order valence-electron chi connectivity index (χ2n) is 4.08. The average Bonchev–Trinajstić information content (AvgIpc) is 2.89. The number of aliphatic hydroxyl groups is 1. The van der Waals surface area contributed by atoms with Crippen molar-refractivity contribution >= 4 is 22.8 Å². The highest BCUT2D eigenvalue weighted by atomic mass is 35.5. The second kappa shape index (κ2) is 5.44. The first-order chi connectivity index (χ1) is 9.78. The van der Waals surface area contributed by atoms with E-state index < -0.39 is 0 Å². The van der Waals surface area contributed by atoms with Gasteiger partial charge in [-0.1, -0.05) is 18.2 Å². The third-order valence-electron chi connectivity index (χ3n) is 2.79. The fraction of sp³-hybridized carbons (Fsp3) is 0.154. The minimum Gasteiger partial charge on any atom is -0.437 e. The molecule has 3 rings (SSSR count). The van der Waals surface area contributed by atoms with Crippen LogP contribution in [0.25, 0.3) is 11.2 Å². The van der Waals surface area contributed by atoms with E-state index in [1.165, 1.54) is 6.33 Å². The number of hydrogen-bond acceptors (Lipinski definition) is 5. The number of nitrogens with one attached hydrogen (secondary N) is 1. The quantitative estimate of drug-likeness (QED) is 0.721.